The molecule has 0 saturated heterocycles. The molecule has 9 aromatic carbocycles. The fraction of sp³-hybridized carbons (Fsp3) is 0.217. The highest BCUT2D eigenvalue weighted by atomic mass is 32.1. The molecule has 3 aliphatic carbocycles. The van der Waals surface area contributed by atoms with Crippen LogP contribution in [0.5, 0.6) is 0 Å². The Morgan fingerprint density at radius 2 is 0.973 bits per heavy atom. The number of aryl methyl sites for hydroxylation is 1. The molecule has 1 nitrogen and oxygen atoms in total. The van der Waals surface area contributed by atoms with Crippen LogP contribution in [-0.4, -0.2) is 4.57 Å². The van der Waals surface area contributed by atoms with Gasteiger partial charge < -0.3 is 4.57 Å². The van der Waals surface area contributed by atoms with Crippen LogP contribution in [0.4, 0.5) is 8.78 Å². The molecule has 1 atom stereocenters. The molecule has 0 bridgehead atoms. The first-order valence-electron chi connectivity index (χ1n) is 27.2. The van der Waals surface area contributed by atoms with Gasteiger partial charge in [-0.3, -0.25) is 0 Å². The summed E-state index contributed by atoms with van der Waals surface area (Å²) >= 11 is 3.76. The Labute approximate surface area is 438 Å². The Morgan fingerprint density at radius 3 is 1.62 bits per heavy atom. The van der Waals surface area contributed by atoms with Gasteiger partial charge in [0.1, 0.15) is 11.6 Å². The molecule has 15 rings (SSSR count). The first-order valence-corrected chi connectivity index (χ1v) is 28.8. The molecule has 2 fully saturated rings. The number of fused-ring (bicyclic) bond motifs is 14. The molecule has 74 heavy (non-hydrogen) atoms. The molecule has 2 saturated carbocycles. The van der Waals surface area contributed by atoms with E-state index in [4.69, 9.17) is 0 Å². The number of halogens is 2. The normalized spacial score (nSPS) is 16.7. The summed E-state index contributed by atoms with van der Waals surface area (Å²) in [6.07, 6.45) is 12.9. The van der Waals surface area contributed by atoms with Crippen molar-refractivity contribution in [3.8, 4) is 39.1 Å². The monoisotopic (exact) mass is 999 g/mol. The smallest absolute Gasteiger partial charge is 0.123 e. The van der Waals surface area contributed by atoms with E-state index in [9.17, 15) is 0 Å². The summed E-state index contributed by atoms with van der Waals surface area (Å²) < 4.78 is 41.1. The lowest BCUT2D eigenvalue weighted by Gasteiger charge is -2.38. The molecule has 362 valence electrons. The van der Waals surface area contributed by atoms with Crippen molar-refractivity contribution in [3.05, 3.63) is 209 Å². The highest BCUT2D eigenvalue weighted by Gasteiger charge is 2.39. The van der Waals surface area contributed by atoms with Gasteiger partial charge in [-0.25, -0.2) is 8.78 Å². The fourth-order valence-corrected chi connectivity index (χ4v) is 16.8. The van der Waals surface area contributed by atoms with Gasteiger partial charge >= 0.3 is 0 Å². The van der Waals surface area contributed by atoms with Crippen molar-refractivity contribution in [2.24, 2.45) is 0 Å². The van der Waals surface area contributed by atoms with Crippen LogP contribution >= 0.6 is 22.7 Å². The van der Waals surface area contributed by atoms with Gasteiger partial charge in [0.05, 0.1) is 16.7 Å². The average Bonchev–Trinajstić information content (AvgIpc) is 4.10. The number of hydrogen-bond donors (Lipinski definition) is 0. The zero-order chi connectivity index (χ0) is 49.0. The molecule has 0 amide bonds. The minimum atomic E-state index is -0.239. The lowest BCUT2D eigenvalue weighted by Crippen LogP contribution is -2.21. The van der Waals surface area contributed by atoms with Gasteiger partial charge in [-0.15, -0.1) is 22.7 Å². The van der Waals surface area contributed by atoms with Crippen LogP contribution in [0.2, 0.25) is 0 Å². The van der Waals surface area contributed by atoms with Crippen LogP contribution in [0.15, 0.2) is 170 Å². The van der Waals surface area contributed by atoms with Crippen molar-refractivity contribution in [2.45, 2.75) is 94.8 Å². The van der Waals surface area contributed by atoms with E-state index < -0.39 is 0 Å². The molecule has 0 aliphatic heterocycles. The highest BCUT2D eigenvalue weighted by molar-refractivity contribution is 7.26. The van der Waals surface area contributed by atoms with Crippen LogP contribution in [0, 0.1) is 11.6 Å². The summed E-state index contributed by atoms with van der Waals surface area (Å²) in [5.41, 5.74) is 17.0. The third-order valence-electron chi connectivity index (χ3n) is 17.5. The van der Waals surface area contributed by atoms with Crippen molar-refractivity contribution < 1.29 is 8.78 Å². The average molecular weight is 1000 g/mol. The number of thiophene rings is 2. The summed E-state index contributed by atoms with van der Waals surface area (Å²) in [5.74, 6) is -0.151. The number of rotatable bonds is 6. The van der Waals surface area contributed by atoms with Crippen molar-refractivity contribution in [2.75, 3.05) is 0 Å². The van der Waals surface area contributed by atoms with Crippen LogP contribution in [-0.2, 0) is 6.42 Å². The van der Waals surface area contributed by atoms with Crippen molar-refractivity contribution in [1.29, 1.82) is 0 Å². The van der Waals surface area contributed by atoms with E-state index in [-0.39, 0.29) is 29.4 Å². The minimum Gasteiger partial charge on any atom is -0.308 e. The molecular formula is C69H55F2NS2. The number of nitrogens with zero attached hydrogens (tertiary/aromatic N) is 1. The summed E-state index contributed by atoms with van der Waals surface area (Å²) in [5, 5.41) is 7.73. The molecule has 3 aromatic heterocycles. The summed E-state index contributed by atoms with van der Waals surface area (Å²) in [7, 11) is 0. The van der Waals surface area contributed by atoms with Gasteiger partial charge in [-0.05, 0) is 166 Å². The number of benzene rings is 9. The second-order valence-corrected chi connectivity index (χ2v) is 23.7. The van der Waals surface area contributed by atoms with Crippen molar-refractivity contribution >= 4 is 84.8 Å². The number of hydrogen-bond acceptors (Lipinski definition) is 2. The molecule has 0 radical (unpaired) electrons. The maximum absolute atomic E-state index is 16.6. The summed E-state index contributed by atoms with van der Waals surface area (Å²) in [6.45, 7) is 0. The summed E-state index contributed by atoms with van der Waals surface area (Å²) in [4.78, 5) is 0. The SMILES string of the molecule is Fc1cccc(-c2c(C3CCCCC3)c(-n3c4ccccc4c4ccc5sc6ccccc6c5c43)c(C3CCCCC3)c(-c3cccc(F)c3)c2C2CCc3c(ccc4sc5ccccc5c34)-c3ccccc32)c1. The van der Waals surface area contributed by atoms with Crippen LogP contribution in [0.1, 0.15) is 116 Å². The van der Waals surface area contributed by atoms with Gasteiger partial charge in [0.25, 0.3) is 0 Å². The van der Waals surface area contributed by atoms with E-state index in [1.807, 2.05) is 46.9 Å². The van der Waals surface area contributed by atoms with Crippen molar-refractivity contribution in [1.82, 2.24) is 4.57 Å². The lowest BCUT2D eigenvalue weighted by atomic mass is 9.68. The molecule has 0 spiro atoms. The van der Waals surface area contributed by atoms with E-state index in [1.165, 1.54) is 120 Å². The molecule has 3 heterocycles. The first-order chi connectivity index (χ1) is 36.6. The fourth-order valence-electron chi connectivity index (χ4n) is 14.6. The van der Waals surface area contributed by atoms with Gasteiger partial charge in [-0.1, -0.05) is 154 Å². The Balaban J connectivity index is 1.17. The lowest BCUT2D eigenvalue weighted by molar-refractivity contribution is 0.434. The van der Waals surface area contributed by atoms with E-state index in [0.29, 0.717) is 0 Å². The van der Waals surface area contributed by atoms with Crippen LogP contribution < -0.4 is 0 Å². The quantitative estimate of drug-likeness (QED) is 0.156. The molecular weight excluding hydrogens is 945 g/mol. The molecule has 1 unspecified atom stereocenters. The van der Waals surface area contributed by atoms with Crippen LogP contribution in [0.25, 0.3) is 101 Å². The molecule has 0 N–H and O–H groups in total. The predicted octanol–water partition coefficient (Wildman–Crippen LogP) is 21.0. The largest absolute Gasteiger partial charge is 0.308 e. The third-order valence-corrected chi connectivity index (χ3v) is 19.8. The maximum atomic E-state index is 16.6. The molecule has 5 heteroatoms. The Hall–Kier alpha value is -6.92. The minimum absolute atomic E-state index is 0.0977. The number of aromatic nitrogens is 1. The van der Waals surface area contributed by atoms with E-state index in [0.717, 1.165) is 86.5 Å². The highest BCUT2D eigenvalue weighted by Crippen LogP contribution is 2.59. The standard InChI is InChI=1S/C69H55F2NS2/c70-45-23-15-21-43(39-45)61-63(41-17-3-1-4-18-41)69(72-56-30-12-9-27-50(56)53-36-38-60-66(68(53)72)55-29-11-14-32-58(55)74-60)64(42-19-5-2-6-20-42)62(44-22-16-24-46(71)40-44)67(61)52-34-33-51-49(47-25-7-8-26-48(47)52)35-37-59-65(51)54-28-10-13-31-57(54)73-59/h7-16,21-32,35-42,52H,1-6,17-20,33-34H2. The van der Waals surface area contributed by atoms with Gasteiger partial charge in [0, 0.05) is 57.0 Å². The van der Waals surface area contributed by atoms with E-state index in [1.54, 1.807) is 12.1 Å². The van der Waals surface area contributed by atoms with E-state index in [2.05, 4.69) is 138 Å². The van der Waals surface area contributed by atoms with Crippen molar-refractivity contribution in [3.63, 3.8) is 0 Å². The Bertz CT molecular complexity index is 4120. The van der Waals surface area contributed by atoms with Gasteiger partial charge in [0.2, 0.25) is 0 Å². The molecule has 12 aromatic rings. The topological polar surface area (TPSA) is 4.93 Å². The summed E-state index contributed by atoms with van der Waals surface area (Å²) in [6, 6.07) is 60.6. The second kappa shape index (κ2) is 17.9. The number of para-hydroxylation sites is 1. The van der Waals surface area contributed by atoms with Gasteiger partial charge in [0.15, 0.2) is 0 Å². The van der Waals surface area contributed by atoms with Gasteiger partial charge in [-0.2, -0.15) is 0 Å². The van der Waals surface area contributed by atoms with Crippen LogP contribution in [0.3, 0.4) is 0 Å². The zero-order valence-corrected chi connectivity index (χ0v) is 43.0. The zero-order valence-electron chi connectivity index (χ0n) is 41.4. The van der Waals surface area contributed by atoms with E-state index >= 15 is 8.78 Å². The first kappa shape index (κ1) is 44.6. The maximum Gasteiger partial charge on any atom is 0.123 e. The predicted molar refractivity (Wildman–Crippen MR) is 311 cm³/mol. The Morgan fingerprint density at radius 1 is 0.419 bits per heavy atom. The Kier molecular flexibility index (Phi) is 10.8. The second-order valence-electron chi connectivity index (χ2n) is 21.6. The third kappa shape index (κ3) is 6.95. The molecule has 3 aliphatic rings.